The van der Waals surface area contributed by atoms with E-state index >= 15 is 0 Å². The van der Waals surface area contributed by atoms with E-state index in [0.29, 0.717) is 12.2 Å². The Balaban J connectivity index is 1.98. The fourth-order valence-electron chi connectivity index (χ4n) is 2.64. The van der Waals surface area contributed by atoms with Crippen molar-refractivity contribution in [3.63, 3.8) is 0 Å². The predicted molar refractivity (Wildman–Crippen MR) is 111 cm³/mol. The molecule has 0 spiro atoms. The van der Waals surface area contributed by atoms with Gasteiger partial charge < -0.3 is 10.1 Å². The summed E-state index contributed by atoms with van der Waals surface area (Å²) < 4.78 is 5.22. The highest BCUT2D eigenvalue weighted by Crippen LogP contribution is 2.25. The third-order valence-electron chi connectivity index (χ3n) is 4.36. The first-order chi connectivity index (χ1) is 13.4. The topological polar surface area (TPSA) is 64.1 Å². The molecule has 28 heavy (non-hydrogen) atoms. The fraction of sp³-hybridized carbons (Fsp3) is 0.261. The van der Waals surface area contributed by atoms with E-state index in [0.717, 1.165) is 28.3 Å². The van der Waals surface area contributed by atoms with Crippen molar-refractivity contribution in [2.24, 2.45) is 5.41 Å². The van der Waals surface area contributed by atoms with Gasteiger partial charge in [0, 0.05) is 17.4 Å². The van der Waals surface area contributed by atoms with Crippen LogP contribution in [-0.4, -0.2) is 23.0 Å². The van der Waals surface area contributed by atoms with Crippen LogP contribution in [0.4, 0.5) is 5.82 Å². The number of amides is 1. The van der Waals surface area contributed by atoms with Crippen LogP contribution in [0, 0.1) is 5.41 Å². The lowest BCUT2D eigenvalue weighted by Crippen LogP contribution is -2.28. The quantitative estimate of drug-likeness (QED) is 0.700. The molecule has 0 saturated heterocycles. The van der Waals surface area contributed by atoms with E-state index in [1.165, 1.54) is 0 Å². The Bertz CT molecular complexity index is 946. The van der Waals surface area contributed by atoms with Crippen molar-refractivity contribution in [3.05, 3.63) is 72.1 Å². The van der Waals surface area contributed by atoms with Gasteiger partial charge in [0.2, 0.25) is 5.91 Å². The Labute approximate surface area is 165 Å². The lowest BCUT2D eigenvalue weighted by molar-refractivity contribution is -0.123. The summed E-state index contributed by atoms with van der Waals surface area (Å²) in [4.78, 5) is 21.8. The molecule has 1 aromatic heterocycles. The van der Waals surface area contributed by atoms with Crippen LogP contribution in [0.1, 0.15) is 32.0 Å². The van der Waals surface area contributed by atoms with Crippen molar-refractivity contribution in [2.75, 3.05) is 12.4 Å². The number of carbonyl (C=O) groups excluding carboxylic acids is 1. The summed E-state index contributed by atoms with van der Waals surface area (Å²) in [7, 11) is 1.64. The number of methoxy groups -OCH3 is 1. The maximum atomic E-state index is 12.5. The summed E-state index contributed by atoms with van der Waals surface area (Å²) in [6.45, 7) is 5.62. The van der Waals surface area contributed by atoms with Crippen LogP contribution < -0.4 is 10.1 Å². The molecule has 0 aliphatic rings. The molecule has 1 amide bonds. The second-order valence-electron chi connectivity index (χ2n) is 7.65. The minimum absolute atomic E-state index is 0.0895. The van der Waals surface area contributed by atoms with Crippen LogP contribution in [0.3, 0.4) is 0 Å². The van der Waals surface area contributed by atoms with Crippen molar-refractivity contribution < 1.29 is 9.53 Å². The van der Waals surface area contributed by atoms with Gasteiger partial charge in [-0.2, -0.15) is 0 Å². The first kappa shape index (κ1) is 19.5. The number of nitrogens with zero attached hydrogens (tertiary/aromatic N) is 2. The highest BCUT2D eigenvalue weighted by molar-refractivity contribution is 5.94. The summed E-state index contributed by atoms with van der Waals surface area (Å²) in [6, 6.07) is 17.7. The number of carbonyl (C=O) groups is 1. The Morgan fingerprint density at radius 2 is 1.71 bits per heavy atom. The van der Waals surface area contributed by atoms with Crippen LogP contribution >= 0.6 is 0 Å². The molecule has 0 fully saturated rings. The fourth-order valence-corrected chi connectivity index (χ4v) is 2.64. The number of anilines is 1. The zero-order chi connectivity index (χ0) is 20.1. The van der Waals surface area contributed by atoms with E-state index in [2.05, 4.69) is 10.3 Å². The molecule has 5 heteroatoms. The van der Waals surface area contributed by atoms with Gasteiger partial charge in [-0.25, -0.2) is 9.97 Å². The molecule has 5 nitrogen and oxygen atoms in total. The van der Waals surface area contributed by atoms with Crippen molar-refractivity contribution in [2.45, 2.75) is 27.2 Å². The molecule has 0 bridgehead atoms. The summed E-state index contributed by atoms with van der Waals surface area (Å²) in [6.07, 6.45) is 2.27. The average molecular weight is 375 g/mol. The van der Waals surface area contributed by atoms with Gasteiger partial charge in [-0.15, -0.1) is 0 Å². The smallest absolute Gasteiger partial charge is 0.230 e. The highest BCUT2D eigenvalue weighted by atomic mass is 16.5. The van der Waals surface area contributed by atoms with Crippen molar-refractivity contribution in [1.29, 1.82) is 0 Å². The van der Waals surface area contributed by atoms with Crippen LogP contribution in [0.5, 0.6) is 5.75 Å². The summed E-state index contributed by atoms with van der Waals surface area (Å²) in [5, 5.41) is 2.94. The molecular formula is C23H25N3O2. The predicted octanol–water partition coefficient (Wildman–Crippen LogP) is 4.73. The van der Waals surface area contributed by atoms with E-state index in [9.17, 15) is 4.79 Å². The molecule has 144 valence electrons. The van der Waals surface area contributed by atoms with Gasteiger partial charge in [-0.3, -0.25) is 4.79 Å². The van der Waals surface area contributed by atoms with Gasteiger partial charge in [0.1, 0.15) is 5.75 Å². The average Bonchev–Trinajstić information content (AvgIpc) is 2.69. The van der Waals surface area contributed by atoms with Crippen molar-refractivity contribution >= 4 is 11.7 Å². The molecule has 2 aromatic carbocycles. The van der Waals surface area contributed by atoms with Gasteiger partial charge >= 0.3 is 0 Å². The molecule has 1 N–H and O–H groups in total. The van der Waals surface area contributed by atoms with Crippen LogP contribution in [0.25, 0.3) is 11.3 Å². The molecule has 0 radical (unpaired) electrons. The van der Waals surface area contributed by atoms with Crippen LogP contribution in [0.2, 0.25) is 0 Å². The number of nitrogens with one attached hydrogen (secondary N) is 1. The Morgan fingerprint density at radius 3 is 2.32 bits per heavy atom. The number of benzene rings is 2. The minimum atomic E-state index is -0.514. The Hall–Kier alpha value is -3.21. The number of hydrogen-bond donors (Lipinski definition) is 1. The minimum Gasteiger partial charge on any atom is -0.497 e. The summed E-state index contributed by atoms with van der Waals surface area (Å²) in [5.74, 6) is 1.20. The van der Waals surface area contributed by atoms with Gasteiger partial charge in [0.05, 0.1) is 24.7 Å². The number of rotatable bonds is 5. The normalized spacial score (nSPS) is 11.1. The van der Waals surface area contributed by atoms with Gasteiger partial charge in [0.15, 0.2) is 5.82 Å². The van der Waals surface area contributed by atoms with E-state index in [1.54, 1.807) is 13.3 Å². The Morgan fingerprint density at radius 1 is 1.04 bits per heavy atom. The number of ether oxygens (including phenoxy) is 1. The zero-order valence-electron chi connectivity index (χ0n) is 16.7. The van der Waals surface area contributed by atoms with Gasteiger partial charge in [0.25, 0.3) is 0 Å². The third-order valence-corrected chi connectivity index (χ3v) is 4.36. The van der Waals surface area contributed by atoms with Crippen molar-refractivity contribution in [3.8, 4) is 17.0 Å². The maximum Gasteiger partial charge on any atom is 0.230 e. The molecule has 3 rings (SSSR count). The highest BCUT2D eigenvalue weighted by Gasteiger charge is 2.23. The lowest BCUT2D eigenvalue weighted by Gasteiger charge is -2.19. The monoisotopic (exact) mass is 375 g/mol. The maximum absolute atomic E-state index is 12.5. The van der Waals surface area contributed by atoms with E-state index in [-0.39, 0.29) is 5.91 Å². The molecular weight excluding hydrogens is 350 g/mol. The Kier molecular flexibility index (Phi) is 5.73. The number of aromatic nitrogens is 2. The zero-order valence-corrected chi connectivity index (χ0v) is 16.7. The largest absolute Gasteiger partial charge is 0.497 e. The third kappa shape index (κ3) is 4.74. The molecule has 0 aliphatic heterocycles. The van der Waals surface area contributed by atoms with Crippen LogP contribution in [-0.2, 0) is 11.2 Å². The lowest BCUT2D eigenvalue weighted by atomic mass is 9.95. The van der Waals surface area contributed by atoms with Crippen LogP contribution in [0.15, 0.2) is 60.8 Å². The molecule has 1 heterocycles. The first-order valence-electron chi connectivity index (χ1n) is 9.22. The molecule has 0 saturated carbocycles. The van der Waals surface area contributed by atoms with Crippen molar-refractivity contribution in [1.82, 2.24) is 9.97 Å². The molecule has 0 aliphatic carbocycles. The van der Waals surface area contributed by atoms with E-state index in [1.807, 2.05) is 75.4 Å². The van der Waals surface area contributed by atoms with Gasteiger partial charge in [-0.05, 0) is 29.8 Å². The second kappa shape index (κ2) is 8.21. The molecule has 3 aromatic rings. The molecule has 0 atom stereocenters. The molecule has 0 unspecified atom stereocenters. The number of hydrogen-bond acceptors (Lipinski definition) is 4. The first-order valence-corrected chi connectivity index (χ1v) is 9.22. The van der Waals surface area contributed by atoms with Gasteiger partial charge in [-0.1, -0.05) is 51.1 Å². The standard InChI is InChI=1S/C23H25N3O2/c1-23(2,3)22(27)26-21-19(14-16-8-6-5-7-9-16)25-20(15-24-21)17-10-12-18(28-4)13-11-17/h5-13,15H,14H2,1-4H3,(H,24,26,27). The second-order valence-corrected chi connectivity index (χ2v) is 7.65. The summed E-state index contributed by atoms with van der Waals surface area (Å²) in [5.41, 5.74) is 3.02. The van der Waals surface area contributed by atoms with E-state index < -0.39 is 5.41 Å². The summed E-state index contributed by atoms with van der Waals surface area (Å²) >= 11 is 0. The SMILES string of the molecule is COc1ccc(-c2cnc(NC(=O)C(C)(C)C)c(Cc3ccccc3)n2)cc1. The van der Waals surface area contributed by atoms with E-state index in [4.69, 9.17) is 9.72 Å².